The van der Waals surface area contributed by atoms with Crippen molar-refractivity contribution in [3.8, 4) is 11.1 Å². The Bertz CT molecular complexity index is 1040. The van der Waals surface area contributed by atoms with E-state index in [1.807, 2.05) is 42.6 Å². The van der Waals surface area contributed by atoms with Crippen molar-refractivity contribution in [1.82, 2.24) is 0 Å². The molecule has 0 fully saturated rings. The number of H-pyrrole nitrogens is 1. The highest BCUT2D eigenvalue weighted by molar-refractivity contribution is 6.12. The summed E-state index contributed by atoms with van der Waals surface area (Å²) in [7, 11) is 0. The van der Waals surface area contributed by atoms with Crippen LogP contribution in [0.25, 0.3) is 32.8 Å². The highest BCUT2D eigenvalue weighted by Crippen LogP contribution is 2.36. The molecule has 4 aromatic rings. The molecule has 0 aliphatic carbocycles. The van der Waals surface area contributed by atoms with E-state index >= 15 is 0 Å². The van der Waals surface area contributed by atoms with Crippen molar-refractivity contribution in [2.75, 3.05) is 11.5 Å². The Morgan fingerprint density at radius 3 is 2.38 bits per heavy atom. The summed E-state index contributed by atoms with van der Waals surface area (Å²) in [6.07, 6.45) is 1.98. The Kier molecular flexibility index (Phi) is 4.16. The van der Waals surface area contributed by atoms with E-state index in [1.54, 1.807) is 0 Å². The maximum Gasteiger partial charge on any atom is 0.211 e. The summed E-state index contributed by atoms with van der Waals surface area (Å²) in [5, 5.41) is 3.29. The lowest BCUT2D eigenvalue weighted by Gasteiger charge is -2.12. The number of pyridine rings is 1. The summed E-state index contributed by atoms with van der Waals surface area (Å²) in [4.78, 5) is 3.31. The van der Waals surface area contributed by atoms with Crippen LogP contribution in [0.5, 0.6) is 0 Å². The van der Waals surface area contributed by atoms with Gasteiger partial charge in [0.25, 0.3) is 0 Å². The van der Waals surface area contributed by atoms with Crippen LogP contribution in [0, 0.1) is 6.92 Å². The predicted molar refractivity (Wildman–Crippen MR) is 97.0 cm³/mol. The minimum absolute atomic E-state index is 0. The van der Waals surface area contributed by atoms with Gasteiger partial charge in [-0.05, 0) is 41.8 Å². The van der Waals surface area contributed by atoms with Crippen molar-refractivity contribution in [2.24, 2.45) is 0 Å². The second kappa shape index (κ2) is 6.13. The second-order valence-electron chi connectivity index (χ2n) is 5.89. The monoisotopic (exact) mass is 379 g/mol. The first kappa shape index (κ1) is 16.3. The van der Waals surface area contributed by atoms with E-state index in [-0.39, 0.29) is 17.0 Å². The lowest BCUT2D eigenvalue weighted by atomic mass is 9.92. The molecule has 0 amide bonds. The summed E-state index contributed by atoms with van der Waals surface area (Å²) in [5.41, 5.74) is 18.5. The van der Waals surface area contributed by atoms with Gasteiger partial charge in [-0.2, -0.15) is 0 Å². The van der Waals surface area contributed by atoms with Gasteiger partial charge >= 0.3 is 0 Å². The Labute approximate surface area is 151 Å². The van der Waals surface area contributed by atoms with Crippen LogP contribution < -0.4 is 33.4 Å². The molecule has 24 heavy (non-hydrogen) atoms. The van der Waals surface area contributed by atoms with Crippen LogP contribution in [-0.4, -0.2) is 0 Å². The molecule has 0 radical (unpaired) electrons. The van der Waals surface area contributed by atoms with Crippen LogP contribution in [0.15, 0.2) is 60.8 Å². The van der Waals surface area contributed by atoms with Gasteiger partial charge in [-0.3, -0.25) is 0 Å². The minimum atomic E-state index is 0. The molecular weight excluding hydrogens is 362 g/mol. The number of nitrogen functional groups attached to an aromatic ring is 2. The van der Waals surface area contributed by atoms with Gasteiger partial charge in [0.15, 0.2) is 6.20 Å². The number of nitrogens with one attached hydrogen (secondary N) is 1. The van der Waals surface area contributed by atoms with Crippen molar-refractivity contribution < 1.29 is 22.0 Å². The van der Waals surface area contributed by atoms with Crippen LogP contribution in [0.2, 0.25) is 0 Å². The first-order chi connectivity index (χ1) is 11.1. The minimum Gasteiger partial charge on any atom is -1.00 e. The number of aromatic nitrogens is 1. The van der Waals surface area contributed by atoms with Crippen LogP contribution in [0.3, 0.4) is 0 Å². The van der Waals surface area contributed by atoms with Crippen LogP contribution in [0.4, 0.5) is 11.4 Å². The van der Waals surface area contributed by atoms with E-state index in [4.69, 9.17) is 11.5 Å². The van der Waals surface area contributed by atoms with Gasteiger partial charge < -0.3 is 28.4 Å². The smallest absolute Gasteiger partial charge is 0.211 e. The van der Waals surface area contributed by atoms with E-state index in [9.17, 15) is 0 Å². The summed E-state index contributed by atoms with van der Waals surface area (Å²) >= 11 is 0. The Hall–Kier alpha value is -2.59. The molecule has 1 heterocycles. The average Bonchev–Trinajstić information content (AvgIpc) is 2.58. The van der Waals surface area contributed by atoms with Crippen molar-refractivity contribution in [1.29, 1.82) is 0 Å². The van der Waals surface area contributed by atoms with Crippen LogP contribution in [0.1, 0.15) is 5.56 Å². The predicted octanol–water partition coefficient (Wildman–Crippen LogP) is 0.951. The highest BCUT2D eigenvalue weighted by Gasteiger charge is 2.15. The van der Waals surface area contributed by atoms with E-state index < -0.39 is 0 Å². The molecule has 4 heteroatoms. The average molecular weight is 380 g/mol. The molecule has 120 valence electrons. The molecule has 0 saturated heterocycles. The first-order valence-corrected chi connectivity index (χ1v) is 7.63. The Balaban J connectivity index is 0.00000169. The number of nitrogens with two attached hydrogens (primary N) is 2. The number of hydrogen-bond donors (Lipinski definition) is 2. The molecule has 5 N–H and O–H groups in total. The zero-order valence-corrected chi connectivity index (χ0v) is 14.9. The van der Waals surface area contributed by atoms with E-state index in [0.717, 1.165) is 38.6 Å². The lowest BCUT2D eigenvalue weighted by Crippen LogP contribution is -3.00. The molecular formula is C20H18BrN3. The van der Waals surface area contributed by atoms with Gasteiger partial charge in [-0.1, -0.05) is 30.3 Å². The highest BCUT2D eigenvalue weighted by atomic mass is 79.9. The standard InChI is InChI=1S/C20H17N3.BrH/c1-12-15(13-5-3-2-4-6-13)10-18(22)17-11-23-19-8-7-14(21)9-16(19)20(12)17;/h2-11H,21-22H2,1H3;1H. The molecule has 0 aliphatic rings. The summed E-state index contributed by atoms with van der Waals surface area (Å²) in [6, 6.07) is 18.3. The van der Waals surface area contributed by atoms with E-state index in [1.165, 1.54) is 11.1 Å². The number of benzene rings is 3. The van der Waals surface area contributed by atoms with Crippen molar-refractivity contribution in [3.63, 3.8) is 0 Å². The third-order valence-corrected chi connectivity index (χ3v) is 4.43. The number of aromatic amines is 1. The Morgan fingerprint density at radius 1 is 0.875 bits per heavy atom. The molecule has 3 nitrogen and oxygen atoms in total. The van der Waals surface area contributed by atoms with E-state index in [2.05, 4.69) is 30.1 Å². The fourth-order valence-corrected chi connectivity index (χ4v) is 3.29. The third-order valence-electron chi connectivity index (χ3n) is 4.43. The number of hydrogen-bond acceptors (Lipinski definition) is 2. The molecule has 0 aliphatic heterocycles. The van der Waals surface area contributed by atoms with Gasteiger partial charge in [0.1, 0.15) is 0 Å². The zero-order valence-electron chi connectivity index (χ0n) is 13.3. The summed E-state index contributed by atoms with van der Waals surface area (Å²) in [6.45, 7) is 2.15. The fraction of sp³-hybridized carbons (Fsp3) is 0.0500. The summed E-state index contributed by atoms with van der Waals surface area (Å²) in [5.74, 6) is 0. The molecule has 1 aromatic heterocycles. The number of rotatable bonds is 1. The topological polar surface area (TPSA) is 66.2 Å². The van der Waals surface area contributed by atoms with Crippen LogP contribution in [-0.2, 0) is 0 Å². The SMILES string of the molecule is Cc1c(-c2ccccc2)cc(N)c2c[nH+]c3ccc(N)cc3c12.[Br-]. The third kappa shape index (κ3) is 2.49. The number of fused-ring (bicyclic) bond motifs is 3. The van der Waals surface area contributed by atoms with Gasteiger partial charge in [0, 0.05) is 22.8 Å². The molecule has 0 saturated carbocycles. The first-order valence-electron chi connectivity index (χ1n) is 7.63. The number of aryl methyl sites for hydroxylation is 1. The number of halogens is 1. The molecule has 0 spiro atoms. The van der Waals surface area contributed by atoms with Crippen LogP contribution >= 0.6 is 0 Å². The lowest BCUT2D eigenvalue weighted by molar-refractivity contribution is -0.342. The largest absolute Gasteiger partial charge is 1.00 e. The van der Waals surface area contributed by atoms with Gasteiger partial charge in [-0.25, -0.2) is 4.98 Å². The van der Waals surface area contributed by atoms with Gasteiger partial charge in [-0.15, -0.1) is 0 Å². The maximum atomic E-state index is 6.34. The molecule has 0 atom stereocenters. The quantitative estimate of drug-likeness (QED) is 0.382. The molecule has 0 bridgehead atoms. The van der Waals surface area contributed by atoms with Crippen molar-refractivity contribution in [3.05, 3.63) is 66.4 Å². The molecule has 3 aromatic carbocycles. The van der Waals surface area contributed by atoms with Crippen molar-refractivity contribution >= 4 is 33.1 Å². The maximum absolute atomic E-state index is 6.34. The fourth-order valence-electron chi connectivity index (χ4n) is 3.29. The Morgan fingerprint density at radius 2 is 1.62 bits per heavy atom. The van der Waals surface area contributed by atoms with Crippen molar-refractivity contribution in [2.45, 2.75) is 6.92 Å². The second-order valence-corrected chi connectivity index (χ2v) is 5.89. The zero-order chi connectivity index (χ0) is 16.0. The van der Waals surface area contributed by atoms with Gasteiger partial charge in [0.05, 0.1) is 10.8 Å². The normalized spacial score (nSPS) is 10.7. The molecule has 4 rings (SSSR count). The van der Waals surface area contributed by atoms with E-state index in [0.29, 0.717) is 0 Å². The summed E-state index contributed by atoms with van der Waals surface area (Å²) < 4.78 is 0. The van der Waals surface area contributed by atoms with Gasteiger partial charge in [0.2, 0.25) is 5.52 Å². The molecule has 0 unspecified atom stereocenters. The number of anilines is 2.